The van der Waals surface area contributed by atoms with Crippen LogP contribution in [0.5, 0.6) is 0 Å². The van der Waals surface area contributed by atoms with Crippen molar-refractivity contribution in [3.8, 4) is 6.07 Å². The molecule has 0 bridgehead atoms. The van der Waals surface area contributed by atoms with Crippen molar-refractivity contribution in [3.63, 3.8) is 0 Å². The Balaban J connectivity index is 2.30. The molecular weight excluding hydrogens is 302 g/mol. The summed E-state index contributed by atoms with van der Waals surface area (Å²) in [6.45, 7) is 0.0810. The van der Waals surface area contributed by atoms with E-state index in [0.29, 0.717) is 5.52 Å². The van der Waals surface area contributed by atoms with Crippen molar-refractivity contribution in [1.82, 2.24) is 9.47 Å². The molecule has 0 N–H and O–H groups in total. The van der Waals surface area contributed by atoms with Gasteiger partial charge in [-0.05, 0) is 18.2 Å². The van der Waals surface area contributed by atoms with Gasteiger partial charge in [-0.15, -0.1) is 0 Å². The van der Waals surface area contributed by atoms with Gasteiger partial charge in [0.15, 0.2) is 5.58 Å². The molecule has 2 rings (SSSR count). The summed E-state index contributed by atoms with van der Waals surface area (Å²) in [7, 11) is 2.81. The largest absolute Gasteiger partial charge is 0.465 e. The number of methoxy groups -OCH3 is 1. The van der Waals surface area contributed by atoms with Crippen LogP contribution in [-0.4, -0.2) is 42.0 Å². The number of rotatable bonds is 5. The van der Waals surface area contributed by atoms with Crippen LogP contribution in [0, 0.1) is 11.3 Å². The van der Waals surface area contributed by atoms with E-state index in [1.807, 2.05) is 6.07 Å². The number of aromatic nitrogens is 1. The van der Waals surface area contributed by atoms with E-state index in [2.05, 4.69) is 4.74 Å². The molecule has 0 aliphatic carbocycles. The number of likely N-dealkylation sites (N-methyl/N-ethyl adjacent to an activating group) is 1. The molecule has 8 heteroatoms. The highest BCUT2D eigenvalue weighted by molar-refractivity contribution is 5.93. The maximum absolute atomic E-state index is 12.1. The molecule has 0 radical (unpaired) electrons. The highest BCUT2D eigenvalue weighted by Crippen LogP contribution is 2.16. The summed E-state index contributed by atoms with van der Waals surface area (Å²) in [5.74, 6) is -1.55. The van der Waals surface area contributed by atoms with E-state index in [1.54, 1.807) is 7.05 Å². The lowest BCUT2D eigenvalue weighted by Crippen LogP contribution is -2.33. The summed E-state index contributed by atoms with van der Waals surface area (Å²) >= 11 is 0. The lowest BCUT2D eigenvalue weighted by atomic mass is 10.2. The number of fused-ring (bicyclic) bond motifs is 1. The van der Waals surface area contributed by atoms with Gasteiger partial charge in [-0.1, -0.05) is 0 Å². The average Bonchev–Trinajstić information content (AvgIpc) is 2.86. The second-order valence-electron chi connectivity index (χ2n) is 4.85. The van der Waals surface area contributed by atoms with Crippen LogP contribution in [-0.2, 0) is 16.1 Å². The molecule has 120 valence electrons. The van der Waals surface area contributed by atoms with E-state index in [9.17, 15) is 14.4 Å². The first-order valence-electron chi connectivity index (χ1n) is 6.80. The zero-order valence-corrected chi connectivity index (χ0v) is 12.7. The van der Waals surface area contributed by atoms with Crippen LogP contribution in [0.3, 0.4) is 0 Å². The molecule has 0 spiro atoms. The SMILES string of the molecule is COC(=O)c1ccc2c(c1)oc(=O)n2CC(=O)N(C)CCC#N. The first kappa shape index (κ1) is 16.3. The number of carbonyl (C=O) groups excluding carboxylic acids is 2. The summed E-state index contributed by atoms with van der Waals surface area (Å²) in [5, 5.41) is 8.53. The molecule has 1 aromatic heterocycles. The molecule has 0 saturated heterocycles. The Labute approximate surface area is 131 Å². The average molecular weight is 317 g/mol. The molecule has 0 atom stereocenters. The number of oxazole rings is 1. The summed E-state index contributed by atoms with van der Waals surface area (Å²) in [5.41, 5.74) is 0.855. The Morgan fingerprint density at radius 3 is 2.83 bits per heavy atom. The molecule has 1 aromatic carbocycles. The monoisotopic (exact) mass is 317 g/mol. The number of hydrogen-bond donors (Lipinski definition) is 0. The predicted octanol–water partition coefficient (Wildman–Crippen LogP) is 0.753. The van der Waals surface area contributed by atoms with E-state index in [-0.39, 0.29) is 36.6 Å². The van der Waals surface area contributed by atoms with Crippen molar-refractivity contribution < 1.29 is 18.7 Å². The maximum atomic E-state index is 12.1. The molecule has 2 aromatic rings. The van der Waals surface area contributed by atoms with E-state index < -0.39 is 11.7 Å². The van der Waals surface area contributed by atoms with Gasteiger partial charge in [0.25, 0.3) is 0 Å². The van der Waals surface area contributed by atoms with Gasteiger partial charge < -0.3 is 14.1 Å². The molecule has 1 amide bonds. The Hall–Kier alpha value is -3.08. The fourth-order valence-electron chi connectivity index (χ4n) is 2.06. The second kappa shape index (κ2) is 6.79. The molecule has 0 unspecified atom stereocenters. The van der Waals surface area contributed by atoms with E-state index in [4.69, 9.17) is 9.68 Å². The van der Waals surface area contributed by atoms with Gasteiger partial charge in [0.1, 0.15) is 6.54 Å². The first-order chi connectivity index (χ1) is 11.0. The number of amides is 1. The molecule has 0 aliphatic heterocycles. The minimum Gasteiger partial charge on any atom is -0.465 e. The molecule has 0 saturated carbocycles. The quantitative estimate of drug-likeness (QED) is 0.754. The minimum atomic E-state index is -0.691. The number of nitrogens with zero attached hydrogens (tertiary/aromatic N) is 3. The number of esters is 1. The van der Waals surface area contributed by atoms with Gasteiger partial charge in [0, 0.05) is 13.6 Å². The Morgan fingerprint density at radius 2 is 2.17 bits per heavy atom. The molecule has 0 aliphatic rings. The summed E-state index contributed by atoms with van der Waals surface area (Å²) in [4.78, 5) is 36.8. The third-order valence-corrected chi connectivity index (χ3v) is 3.37. The first-order valence-corrected chi connectivity index (χ1v) is 6.80. The minimum absolute atomic E-state index is 0.199. The van der Waals surface area contributed by atoms with Crippen molar-refractivity contribution in [2.75, 3.05) is 20.7 Å². The third-order valence-electron chi connectivity index (χ3n) is 3.37. The van der Waals surface area contributed by atoms with Crippen molar-refractivity contribution >= 4 is 23.0 Å². The molecule has 8 nitrogen and oxygen atoms in total. The van der Waals surface area contributed by atoms with Crippen LogP contribution >= 0.6 is 0 Å². The molecule has 23 heavy (non-hydrogen) atoms. The normalized spacial score (nSPS) is 10.3. The van der Waals surface area contributed by atoms with Crippen LogP contribution in [0.2, 0.25) is 0 Å². The fraction of sp³-hybridized carbons (Fsp3) is 0.333. The van der Waals surface area contributed by atoms with Crippen molar-refractivity contribution in [2.24, 2.45) is 0 Å². The highest BCUT2D eigenvalue weighted by atomic mass is 16.5. The van der Waals surface area contributed by atoms with E-state index in [0.717, 1.165) is 0 Å². The lowest BCUT2D eigenvalue weighted by Gasteiger charge is -2.15. The van der Waals surface area contributed by atoms with Crippen molar-refractivity contribution in [3.05, 3.63) is 34.3 Å². The zero-order valence-electron chi connectivity index (χ0n) is 12.7. The maximum Gasteiger partial charge on any atom is 0.420 e. The van der Waals surface area contributed by atoms with Gasteiger partial charge in [-0.3, -0.25) is 9.36 Å². The second-order valence-corrected chi connectivity index (χ2v) is 4.85. The zero-order chi connectivity index (χ0) is 17.0. The van der Waals surface area contributed by atoms with Crippen molar-refractivity contribution in [1.29, 1.82) is 5.26 Å². The summed E-state index contributed by atoms with van der Waals surface area (Å²) < 4.78 is 10.9. The van der Waals surface area contributed by atoms with Gasteiger partial charge in [0.2, 0.25) is 5.91 Å². The smallest absolute Gasteiger partial charge is 0.420 e. The van der Waals surface area contributed by atoms with Crippen LogP contribution < -0.4 is 5.76 Å². The number of ether oxygens (including phenoxy) is 1. The summed E-state index contributed by atoms with van der Waals surface area (Å²) in [6, 6.07) is 6.36. The number of hydrogen-bond acceptors (Lipinski definition) is 6. The third kappa shape index (κ3) is 3.40. The van der Waals surface area contributed by atoms with Crippen LogP contribution in [0.1, 0.15) is 16.8 Å². The fourth-order valence-corrected chi connectivity index (χ4v) is 2.06. The van der Waals surface area contributed by atoms with Crippen LogP contribution in [0.4, 0.5) is 0 Å². The predicted molar refractivity (Wildman–Crippen MR) is 79.7 cm³/mol. The van der Waals surface area contributed by atoms with Crippen molar-refractivity contribution in [2.45, 2.75) is 13.0 Å². The summed E-state index contributed by atoms with van der Waals surface area (Å²) in [6.07, 6.45) is 0.214. The van der Waals surface area contributed by atoms with Crippen LogP contribution in [0.15, 0.2) is 27.4 Å². The Bertz CT molecular complexity index is 843. The highest BCUT2D eigenvalue weighted by Gasteiger charge is 2.17. The topological polar surface area (TPSA) is 106 Å². The van der Waals surface area contributed by atoms with Crippen LogP contribution in [0.25, 0.3) is 11.1 Å². The van der Waals surface area contributed by atoms with E-state index >= 15 is 0 Å². The van der Waals surface area contributed by atoms with Gasteiger partial charge in [-0.25, -0.2) is 9.59 Å². The molecular formula is C15H15N3O5. The van der Waals surface area contributed by atoms with Gasteiger partial charge in [0.05, 0.1) is 30.7 Å². The van der Waals surface area contributed by atoms with Gasteiger partial charge >= 0.3 is 11.7 Å². The number of benzene rings is 1. The van der Waals surface area contributed by atoms with Gasteiger partial charge in [-0.2, -0.15) is 5.26 Å². The Morgan fingerprint density at radius 1 is 1.43 bits per heavy atom. The standard InChI is InChI=1S/C15H15N3O5/c1-17(7-3-6-16)13(19)9-18-11-5-4-10(14(20)22-2)8-12(11)23-15(18)21/h4-5,8H,3,7,9H2,1-2H3. The Kier molecular flexibility index (Phi) is 4.81. The number of carbonyl (C=O) groups is 2. The molecule has 0 fully saturated rings. The molecule has 1 heterocycles. The van der Waals surface area contributed by atoms with E-state index in [1.165, 1.54) is 34.8 Å². The lowest BCUT2D eigenvalue weighted by molar-refractivity contribution is -0.130. The number of nitriles is 1.